The van der Waals surface area contributed by atoms with Crippen LogP contribution in [0.25, 0.3) is 0 Å². The van der Waals surface area contributed by atoms with Crippen LogP contribution >= 0.6 is 12.2 Å². The Labute approximate surface area is 207 Å². The molecule has 0 aliphatic carbocycles. The maximum Gasteiger partial charge on any atom is 0.183 e. The molecule has 0 radical (unpaired) electrons. The van der Waals surface area contributed by atoms with Gasteiger partial charge in [0.25, 0.3) is 0 Å². The fourth-order valence-corrected chi connectivity index (χ4v) is 3.56. The Kier molecular flexibility index (Phi) is 9.99. The molecule has 4 rings (SSSR count). The van der Waals surface area contributed by atoms with Crippen molar-refractivity contribution < 1.29 is 5.11 Å². The molecule has 2 N–H and O–H groups in total. The van der Waals surface area contributed by atoms with Crippen molar-refractivity contribution in [2.24, 2.45) is 4.99 Å². The van der Waals surface area contributed by atoms with E-state index in [9.17, 15) is 0 Å². The van der Waals surface area contributed by atoms with Gasteiger partial charge in [-0.2, -0.15) is 0 Å². The zero-order chi connectivity index (χ0) is 24.0. The Bertz CT molecular complexity index is 1110. The Morgan fingerprint density at radius 1 is 0.735 bits per heavy atom. The molecule has 0 saturated carbocycles. The van der Waals surface area contributed by atoms with Crippen molar-refractivity contribution in [3.8, 4) is 0 Å². The average Bonchev–Trinajstić information content (AvgIpc) is 2.89. The van der Waals surface area contributed by atoms with E-state index in [2.05, 4.69) is 17.4 Å². The van der Waals surface area contributed by atoms with Crippen LogP contribution in [0.3, 0.4) is 0 Å². The summed E-state index contributed by atoms with van der Waals surface area (Å²) in [6.07, 6.45) is 0. The summed E-state index contributed by atoms with van der Waals surface area (Å²) in [5, 5.41) is 11.5. The van der Waals surface area contributed by atoms with Gasteiger partial charge >= 0.3 is 0 Å². The van der Waals surface area contributed by atoms with Gasteiger partial charge in [-0.3, -0.25) is 9.89 Å². The molecule has 172 valence electrons. The maximum atomic E-state index is 7.57. The summed E-state index contributed by atoms with van der Waals surface area (Å²) >= 11 is 5.88. The van der Waals surface area contributed by atoms with Crippen molar-refractivity contribution in [1.82, 2.24) is 5.32 Å². The monoisotopic (exact) mass is 467 g/mol. The number of para-hydroxylation sites is 2. The van der Waals surface area contributed by atoms with Gasteiger partial charge in [0.15, 0.2) is 5.11 Å². The van der Waals surface area contributed by atoms with Gasteiger partial charge in [0.1, 0.15) is 5.84 Å². The van der Waals surface area contributed by atoms with Gasteiger partial charge in [0, 0.05) is 23.5 Å². The number of hydrogen-bond donors (Lipinski definition) is 2. The van der Waals surface area contributed by atoms with Crippen molar-refractivity contribution in [3.63, 3.8) is 0 Å². The highest BCUT2D eigenvalue weighted by Gasteiger charge is 2.16. The van der Waals surface area contributed by atoms with Crippen molar-refractivity contribution in [2.75, 3.05) is 11.5 Å². The molecule has 0 spiro atoms. The lowest BCUT2D eigenvalue weighted by atomic mass is 10.2. The van der Waals surface area contributed by atoms with Crippen LogP contribution in [0, 0.1) is 0 Å². The summed E-state index contributed by atoms with van der Waals surface area (Å²) in [4.78, 5) is 6.89. The van der Waals surface area contributed by atoms with E-state index in [0.29, 0.717) is 11.7 Å². The number of aliphatic hydroxyl groups excluding tert-OH is 1. The number of rotatable bonds is 5. The molecule has 5 heteroatoms. The zero-order valence-corrected chi connectivity index (χ0v) is 20.0. The quantitative estimate of drug-likeness (QED) is 0.204. The molecule has 0 aliphatic heterocycles. The number of nitrogens with zero attached hydrogens (tertiary/aromatic N) is 2. The van der Waals surface area contributed by atoms with Crippen molar-refractivity contribution >= 4 is 34.5 Å². The Morgan fingerprint density at radius 3 is 1.62 bits per heavy atom. The maximum absolute atomic E-state index is 7.57. The van der Waals surface area contributed by atoms with Gasteiger partial charge in [0.2, 0.25) is 0 Å². The van der Waals surface area contributed by atoms with Crippen LogP contribution in [0.4, 0.5) is 11.4 Å². The molecule has 0 heterocycles. The number of amidine groups is 1. The molecule has 0 aliphatic rings. The molecule has 0 atom stereocenters. The van der Waals surface area contributed by atoms with Crippen LogP contribution in [0.5, 0.6) is 0 Å². The molecule has 0 unspecified atom stereocenters. The predicted molar refractivity (Wildman–Crippen MR) is 147 cm³/mol. The van der Waals surface area contributed by atoms with Gasteiger partial charge in [0.05, 0.1) is 6.54 Å². The highest BCUT2D eigenvalue weighted by molar-refractivity contribution is 7.80. The van der Waals surface area contributed by atoms with E-state index in [-0.39, 0.29) is 6.61 Å². The second-order valence-corrected chi connectivity index (χ2v) is 7.66. The molecule has 0 saturated heterocycles. The number of aliphatic imine (C=N–C) groups is 1. The lowest BCUT2D eigenvalue weighted by Gasteiger charge is -2.26. The normalized spacial score (nSPS) is 10.6. The van der Waals surface area contributed by atoms with E-state index in [1.54, 1.807) is 6.92 Å². The summed E-state index contributed by atoms with van der Waals surface area (Å²) < 4.78 is 0. The topological polar surface area (TPSA) is 47.9 Å². The minimum Gasteiger partial charge on any atom is -0.397 e. The van der Waals surface area contributed by atoms with E-state index in [0.717, 1.165) is 28.3 Å². The van der Waals surface area contributed by atoms with Crippen LogP contribution in [-0.4, -0.2) is 22.7 Å². The number of benzene rings is 4. The molecule has 0 aromatic heterocycles. The van der Waals surface area contributed by atoms with Crippen molar-refractivity contribution in [2.45, 2.75) is 13.5 Å². The van der Waals surface area contributed by atoms with Gasteiger partial charge in [-0.1, -0.05) is 97.1 Å². The first-order valence-electron chi connectivity index (χ1n) is 11.2. The summed E-state index contributed by atoms with van der Waals surface area (Å²) in [5.74, 6) is 0.742. The van der Waals surface area contributed by atoms with Crippen LogP contribution in [-0.2, 0) is 6.54 Å². The first kappa shape index (κ1) is 24.8. The van der Waals surface area contributed by atoms with E-state index >= 15 is 0 Å². The lowest BCUT2D eigenvalue weighted by Crippen LogP contribution is -2.40. The number of anilines is 2. The zero-order valence-electron chi connectivity index (χ0n) is 19.2. The standard InChI is InChI=1S/C27H23N3S.C2H6O/c31-27(30(24-17-9-3-10-18-24)25-19-11-4-12-20-25)29-26(23-15-7-2-8-16-23)28-21-22-13-5-1-6-14-22;1-2-3/h1-20H,21H2,(H,28,29,31);3H,2H2,1H3. The fourth-order valence-electron chi connectivity index (χ4n) is 3.25. The van der Waals surface area contributed by atoms with E-state index in [1.807, 2.05) is 114 Å². The number of thiocarbonyl (C=S) groups is 1. The third-order valence-electron chi connectivity index (χ3n) is 4.77. The highest BCUT2D eigenvalue weighted by Crippen LogP contribution is 2.25. The Balaban J connectivity index is 0.00000103. The van der Waals surface area contributed by atoms with Crippen LogP contribution < -0.4 is 10.2 Å². The second kappa shape index (κ2) is 13.7. The summed E-state index contributed by atoms with van der Waals surface area (Å²) in [6.45, 7) is 2.50. The largest absolute Gasteiger partial charge is 0.397 e. The minimum atomic E-state index is 0.250. The van der Waals surface area contributed by atoms with Gasteiger partial charge in [-0.25, -0.2) is 0 Å². The molecular formula is C29H29N3OS. The number of hydrogen-bond acceptors (Lipinski definition) is 3. The Hall–Kier alpha value is -3.80. The second-order valence-electron chi connectivity index (χ2n) is 7.27. The van der Waals surface area contributed by atoms with Gasteiger partial charge in [-0.15, -0.1) is 0 Å². The van der Waals surface area contributed by atoms with Gasteiger partial charge in [-0.05, 0) is 49.0 Å². The first-order chi connectivity index (χ1) is 16.7. The van der Waals surface area contributed by atoms with E-state index in [4.69, 9.17) is 22.3 Å². The van der Waals surface area contributed by atoms with Crippen molar-refractivity contribution in [1.29, 1.82) is 0 Å². The molecule has 0 bridgehead atoms. The lowest BCUT2D eigenvalue weighted by molar-refractivity contribution is 0.318. The van der Waals surface area contributed by atoms with E-state index in [1.165, 1.54) is 0 Å². The molecule has 34 heavy (non-hydrogen) atoms. The summed E-state index contributed by atoms with van der Waals surface area (Å²) in [6, 6.07) is 40.5. The molecule has 0 amide bonds. The molecule has 0 fully saturated rings. The number of nitrogens with one attached hydrogen (secondary N) is 1. The highest BCUT2D eigenvalue weighted by atomic mass is 32.1. The molecular weight excluding hydrogens is 438 g/mol. The third-order valence-corrected chi connectivity index (χ3v) is 5.05. The Morgan fingerprint density at radius 2 is 1.15 bits per heavy atom. The average molecular weight is 468 g/mol. The summed E-state index contributed by atoms with van der Waals surface area (Å²) in [5.41, 5.74) is 4.11. The van der Waals surface area contributed by atoms with Crippen LogP contribution in [0.2, 0.25) is 0 Å². The van der Waals surface area contributed by atoms with Gasteiger partial charge < -0.3 is 10.4 Å². The SMILES string of the molecule is CCO.S=C(NC(=NCc1ccccc1)c1ccccc1)N(c1ccccc1)c1ccccc1. The van der Waals surface area contributed by atoms with E-state index < -0.39 is 0 Å². The first-order valence-corrected chi connectivity index (χ1v) is 11.6. The third kappa shape index (κ3) is 7.37. The molecule has 4 aromatic carbocycles. The number of aliphatic hydroxyl groups is 1. The molecule has 4 nitrogen and oxygen atoms in total. The molecule has 4 aromatic rings. The summed E-state index contributed by atoms with van der Waals surface area (Å²) in [7, 11) is 0. The van der Waals surface area contributed by atoms with Crippen LogP contribution in [0.1, 0.15) is 18.1 Å². The van der Waals surface area contributed by atoms with Crippen molar-refractivity contribution in [3.05, 3.63) is 132 Å². The minimum absolute atomic E-state index is 0.250. The fraction of sp³-hybridized carbons (Fsp3) is 0.103. The van der Waals surface area contributed by atoms with Crippen LogP contribution in [0.15, 0.2) is 126 Å². The smallest absolute Gasteiger partial charge is 0.183 e. The predicted octanol–water partition coefficient (Wildman–Crippen LogP) is 6.34.